The average Bonchev–Trinajstić information content (AvgIpc) is 2.68. The summed E-state index contributed by atoms with van der Waals surface area (Å²) in [6.45, 7) is 2.41. The largest absolute Gasteiger partial charge is 0.489 e. The summed E-state index contributed by atoms with van der Waals surface area (Å²) in [5.41, 5.74) is 1.52. The first-order valence-corrected chi connectivity index (χ1v) is 8.34. The first-order chi connectivity index (χ1) is 12.5. The molecule has 138 valence electrons. The maximum absolute atomic E-state index is 13.6. The molecule has 1 aliphatic rings. The molecule has 0 aromatic heterocycles. The minimum atomic E-state index is -1.35. The molecule has 1 heterocycles. The van der Waals surface area contributed by atoms with Crippen LogP contribution in [0.25, 0.3) is 0 Å². The number of hydrogen-bond acceptors (Lipinski definition) is 5. The van der Waals surface area contributed by atoms with Gasteiger partial charge in [0.25, 0.3) is 5.79 Å². The molecule has 0 spiro atoms. The molecule has 0 N–H and O–H groups in total. The van der Waals surface area contributed by atoms with Crippen LogP contribution in [0.3, 0.4) is 0 Å². The van der Waals surface area contributed by atoms with Gasteiger partial charge in [0.05, 0.1) is 20.3 Å². The zero-order valence-corrected chi connectivity index (χ0v) is 14.7. The van der Waals surface area contributed by atoms with E-state index in [1.165, 1.54) is 13.2 Å². The second kappa shape index (κ2) is 7.85. The minimum absolute atomic E-state index is 0.00773. The van der Waals surface area contributed by atoms with Gasteiger partial charge in [-0.15, -0.1) is 0 Å². The van der Waals surface area contributed by atoms with Gasteiger partial charge in [-0.3, -0.25) is 0 Å². The highest BCUT2D eigenvalue weighted by Crippen LogP contribution is 2.29. The first kappa shape index (κ1) is 18.4. The van der Waals surface area contributed by atoms with E-state index >= 15 is 0 Å². The lowest BCUT2D eigenvalue weighted by Crippen LogP contribution is -2.47. The molecule has 2 aromatic rings. The number of carbonyl (C=O) groups excluding carboxylic acids is 1. The molecule has 3 rings (SSSR count). The third-order valence-corrected chi connectivity index (χ3v) is 4.38. The monoisotopic (exact) mass is 360 g/mol. The maximum atomic E-state index is 13.6. The molecule has 1 fully saturated rings. The van der Waals surface area contributed by atoms with Crippen molar-refractivity contribution in [2.45, 2.75) is 25.2 Å². The fourth-order valence-electron chi connectivity index (χ4n) is 2.72. The summed E-state index contributed by atoms with van der Waals surface area (Å²) in [6, 6.07) is 14.0. The summed E-state index contributed by atoms with van der Waals surface area (Å²) in [5.74, 6) is -1.53. The lowest BCUT2D eigenvalue weighted by atomic mass is 9.99. The Bertz CT molecular complexity index is 751. The van der Waals surface area contributed by atoms with Gasteiger partial charge >= 0.3 is 5.97 Å². The van der Waals surface area contributed by atoms with Crippen molar-refractivity contribution in [3.8, 4) is 5.75 Å². The number of carbonyl (C=O) groups is 1. The maximum Gasteiger partial charge on any atom is 0.366 e. The van der Waals surface area contributed by atoms with Crippen molar-refractivity contribution in [3.05, 3.63) is 65.5 Å². The van der Waals surface area contributed by atoms with Crippen LogP contribution in [0.15, 0.2) is 48.5 Å². The normalized spacial score (nSPS) is 22.7. The molecule has 0 bridgehead atoms. The van der Waals surface area contributed by atoms with E-state index in [2.05, 4.69) is 4.74 Å². The number of hydrogen-bond donors (Lipinski definition) is 0. The third-order valence-electron chi connectivity index (χ3n) is 4.38. The van der Waals surface area contributed by atoms with E-state index in [1.807, 2.05) is 24.3 Å². The van der Waals surface area contributed by atoms with E-state index in [0.717, 1.165) is 5.56 Å². The summed E-state index contributed by atoms with van der Waals surface area (Å²) in [6.07, 6.45) is 0. The van der Waals surface area contributed by atoms with E-state index in [1.54, 1.807) is 25.1 Å². The van der Waals surface area contributed by atoms with Gasteiger partial charge in [0.2, 0.25) is 0 Å². The van der Waals surface area contributed by atoms with Gasteiger partial charge in [0, 0.05) is 18.4 Å². The highest BCUT2D eigenvalue weighted by atomic mass is 19.1. The number of esters is 1. The highest BCUT2D eigenvalue weighted by Gasteiger charge is 2.41. The smallest absolute Gasteiger partial charge is 0.366 e. The summed E-state index contributed by atoms with van der Waals surface area (Å²) < 4.78 is 35.1. The molecule has 0 saturated carbocycles. The predicted octanol–water partition coefficient (Wildman–Crippen LogP) is 3.42. The third kappa shape index (κ3) is 4.03. The molecule has 0 aliphatic carbocycles. The zero-order valence-electron chi connectivity index (χ0n) is 14.7. The SMILES string of the molecule is COC(=O)[C@]1(C)OC[C@@H](c2ccc(OCc3ccccc3F)cc2)CO1. The number of halogens is 1. The number of rotatable bonds is 5. The molecule has 2 aromatic carbocycles. The Morgan fingerprint density at radius 2 is 1.81 bits per heavy atom. The van der Waals surface area contributed by atoms with E-state index in [9.17, 15) is 9.18 Å². The molecule has 5 nitrogen and oxygen atoms in total. The van der Waals surface area contributed by atoms with E-state index in [4.69, 9.17) is 14.2 Å². The lowest BCUT2D eigenvalue weighted by molar-refractivity contribution is -0.264. The standard InChI is InChI=1S/C20H21FO5/c1-20(19(22)23-2)25-12-16(13-26-20)14-7-9-17(10-8-14)24-11-15-5-3-4-6-18(15)21/h3-10,16H,11-13H2,1-2H3/t16-,20-. The van der Waals surface area contributed by atoms with Gasteiger partial charge in [-0.25, -0.2) is 9.18 Å². The Kier molecular flexibility index (Phi) is 5.54. The Morgan fingerprint density at radius 1 is 1.15 bits per heavy atom. The minimum Gasteiger partial charge on any atom is -0.489 e. The Labute approximate surface area is 151 Å². The molecule has 26 heavy (non-hydrogen) atoms. The fraction of sp³-hybridized carbons (Fsp3) is 0.350. The summed E-state index contributed by atoms with van der Waals surface area (Å²) >= 11 is 0. The van der Waals surface area contributed by atoms with Crippen molar-refractivity contribution in [2.24, 2.45) is 0 Å². The summed E-state index contributed by atoms with van der Waals surface area (Å²) in [4.78, 5) is 11.7. The zero-order chi connectivity index (χ0) is 18.6. The van der Waals surface area contributed by atoms with Crippen LogP contribution in [0.4, 0.5) is 4.39 Å². The second-order valence-electron chi connectivity index (χ2n) is 6.21. The van der Waals surface area contributed by atoms with Crippen LogP contribution in [-0.4, -0.2) is 32.1 Å². The highest BCUT2D eigenvalue weighted by molar-refractivity contribution is 5.77. The van der Waals surface area contributed by atoms with Gasteiger partial charge in [0.15, 0.2) is 0 Å². The van der Waals surface area contributed by atoms with Gasteiger partial charge < -0.3 is 18.9 Å². The van der Waals surface area contributed by atoms with Crippen molar-refractivity contribution in [1.82, 2.24) is 0 Å². The molecule has 1 saturated heterocycles. The predicted molar refractivity (Wildman–Crippen MR) is 92.2 cm³/mol. The first-order valence-electron chi connectivity index (χ1n) is 8.34. The number of methoxy groups -OCH3 is 1. The molecule has 0 amide bonds. The fourth-order valence-corrected chi connectivity index (χ4v) is 2.72. The van der Waals surface area contributed by atoms with Gasteiger partial charge in [-0.2, -0.15) is 0 Å². The molecule has 1 aliphatic heterocycles. The molecule has 0 atom stereocenters. The van der Waals surface area contributed by atoms with Crippen molar-refractivity contribution in [1.29, 1.82) is 0 Å². The number of ether oxygens (including phenoxy) is 4. The van der Waals surface area contributed by atoms with Crippen molar-refractivity contribution in [2.75, 3.05) is 20.3 Å². The van der Waals surface area contributed by atoms with Crippen molar-refractivity contribution < 1.29 is 28.1 Å². The Morgan fingerprint density at radius 3 is 2.42 bits per heavy atom. The van der Waals surface area contributed by atoms with Crippen LogP contribution in [0.1, 0.15) is 24.0 Å². The van der Waals surface area contributed by atoms with Crippen LogP contribution < -0.4 is 4.74 Å². The van der Waals surface area contributed by atoms with Crippen LogP contribution in [0.5, 0.6) is 5.75 Å². The van der Waals surface area contributed by atoms with E-state index in [-0.39, 0.29) is 18.3 Å². The van der Waals surface area contributed by atoms with Crippen LogP contribution in [0, 0.1) is 5.82 Å². The summed E-state index contributed by atoms with van der Waals surface area (Å²) in [7, 11) is 1.30. The van der Waals surface area contributed by atoms with Crippen molar-refractivity contribution in [3.63, 3.8) is 0 Å². The van der Waals surface area contributed by atoms with Crippen molar-refractivity contribution >= 4 is 5.97 Å². The Balaban J connectivity index is 1.57. The quantitative estimate of drug-likeness (QED) is 0.765. The van der Waals surface area contributed by atoms with Gasteiger partial charge in [-0.1, -0.05) is 30.3 Å². The molecule has 6 heteroatoms. The topological polar surface area (TPSA) is 54.0 Å². The van der Waals surface area contributed by atoms with Crippen LogP contribution >= 0.6 is 0 Å². The molecule has 0 unspecified atom stereocenters. The number of benzene rings is 2. The van der Waals surface area contributed by atoms with Gasteiger partial charge in [0.1, 0.15) is 18.2 Å². The second-order valence-corrected chi connectivity index (χ2v) is 6.21. The van der Waals surface area contributed by atoms with Crippen LogP contribution in [0.2, 0.25) is 0 Å². The lowest BCUT2D eigenvalue weighted by Gasteiger charge is -2.35. The molecule has 0 radical (unpaired) electrons. The molecular weight excluding hydrogens is 339 g/mol. The molecular formula is C20H21FO5. The van der Waals surface area contributed by atoms with E-state index in [0.29, 0.717) is 24.5 Å². The van der Waals surface area contributed by atoms with E-state index < -0.39 is 11.8 Å². The summed E-state index contributed by atoms with van der Waals surface area (Å²) in [5, 5.41) is 0. The van der Waals surface area contributed by atoms with Gasteiger partial charge in [-0.05, 0) is 23.8 Å². The van der Waals surface area contributed by atoms with Crippen LogP contribution in [-0.2, 0) is 25.6 Å². The average molecular weight is 360 g/mol. The Hall–Kier alpha value is -2.44.